The predicted octanol–water partition coefficient (Wildman–Crippen LogP) is 2.35. The molecule has 0 radical (unpaired) electrons. The van der Waals surface area contributed by atoms with Crippen LogP contribution in [-0.2, 0) is 10.0 Å². The molecule has 156 valence electrons. The molecule has 2 heterocycles. The monoisotopic (exact) mass is 424 g/mol. The number of nitrogens with one attached hydrogen (secondary N) is 1. The summed E-state index contributed by atoms with van der Waals surface area (Å²) in [6.45, 7) is 2.56. The third-order valence-electron chi connectivity index (χ3n) is 5.74. The Hall–Kier alpha value is -2.89. The fourth-order valence-corrected chi connectivity index (χ4v) is 5.76. The number of sulfonamides is 1. The van der Waals surface area contributed by atoms with Gasteiger partial charge in [-0.2, -0.15) is 5.26 Å². The minimum atomic E-state index is -3.72. The van der Waals surface area contributed by atoms with Crippen LogP contribution in [0.1, 0.15) is 35.2 Å². The number of para-hydroxylation sites is 1. The average molecular weight is 425 g/mol. The molecule has 0 unspecified atom stereocenters. The fourth-order valence-electron chi connectivity index (χ4n) is 4.15. The molecule has 1 saturated heterocycles. The minimum Gasteiger partial charge on any atom is -0.370 e. The number of carbonyl (C=O) groups excluding carboxylic acids is 1. The SMILES string of the molecule is N#Cc1ccccc1N1CCC(NCCCN2C(=O)c3ccccc3S2(=O)=O)CC1. The molecule has 0 bridgehead atoms. The van der Waals surface area contributed by atoms with Crippen LogP contribution in [0.25, 0.3) is 0 Å². The molecule has 2 aromatic carbocycles. The number of fused-ring (bicyclic) bond motifs is 1. The number of amides is 1. The number of hydrogen-bond acceptors (Lipinski definition) is 6. The highest BCUT2D eigenvalue weighted by Crippen LogP contribution is 2.30. The number of anilines is 1. The number of hydrogen-bond donors (Lipinski definition) is 1. The summed E-state index contributed by atoms with van der Waals surface area (Å²) in [6.07, 6.45) is 2.47. The van der Waals surface area contributed by atoms with Gasteiger partial charge in [-0.1, -0.05) is 24.3 Å². The van der Waals surface area contributed by atoms with Crippen molar-refractivity contribution in [1.82, 2.24) is 9.62 Å². The Morgan fingerprint density at radius 1 is 1.07 bits per heavy atom. The molecule has 4 rings (SSSR count). The highest BCUT2D eigenvalue weighted by molar-refractivity contribution is 7.90. The first kappa shape index (κ1) is 20.4. The van der Waals surface area contributed by atoms with Crippen molar-refractivity contribution < 1.29 is 13.2 Å². The van der Waals surface area contributed by atoms with E-state index in [1.807, 2.05) is 24.3 Å². The highest BCUT2D eigenvalue weighted by atomic mass is 32.2. The van der Waals surface area contributed by atoms with Crippen LogP contribution in [0.4, 0.5) is 5.69 Å². The van der Waals surface area contributed by atoms with Crippen molar-refractivity contribution in [3.8, 4) is 6.07 Å². The lowest BCUT2D eigenvalue weighted by molar-refractivity contribution is 0.0870. The van der Waals surface area contributed by atoms with Crippen molar-refractivity contribution in [1.29, 1.82) is 5.26 Å². The van der Waals surface area contributed by atoms with Gasteiger partial charge in [-0.3, -0.25) is 4.79 Å². The first-order valence-electron chi connectivity index (χ1n) is 10.2. The molecule has 7 nitrogen and oxygen atoms in total. The number of benzene rings is 2. The van der Waals surface area contributed by atoms with Crippen LogP contribution < -0.4 is 10.2 Å². The van der Waals surface area contributed by atoms with Crippen molar-refractivity contribution >= 4 is 21.6 Å². The maximum Gasteiger partial charge on any atom is 0.269 e. The van der Waals surface area contributed by atoms with Gasteiger partial charge in [0.05, 0.1) is 16.8 Å². The standard InChI is InChI=1S/C22H24N4O3S/c23-16-17-6-1-3-8-20(17)25-14-10-18(11-15-25)24-12-5-13-26-22(27)19-7-2-4-9-21(19)30(26,28)29/h1-4,6-9,18,24H,5,10-15H2. The highest BCUT2D eigenvalue weighted by Gasteiger charge is 2.40. The molecule has 8 heteroatoms. The molecule has 2 aromatic rings. The molecular weight excluding hydrogens is 400 g/mol. The molecule has 0 atom stereocenters. The molecule has 2 aliphatic heterocycles. The predicted molar refractivity (Wildman–Crippen MR) is 114 cm³/mol. The van der Waals surface area contributed by atoms with Crippen LogP contribution in [-0.4, -0.2) is 50.9 Å². The van der Waals surface area contributed by atoms with E-state index < -0.39 is 15.9 Å². The second-order valence-electron chi connectivity index (χ2n) is 7.58. The van der Waals surface area contributed by atoms with Crippen LogP contribution in [0.2, 0.25) is 0 Å². The van der Waals surface area contributed by atoms with E-state index in [0.29, 0.717) is 24.6 Å². The van der Waals surface area contributed by atoms with E-state index in [1.54, 1.807) is 18.2 Å². The quantitative estimate of drug-likeness (QED) is 0.716. The Bertz CT molecular complexity index is 1090. The number of piperidine rings is 1. The van der Waals surface area contributed by atoms with Crippen LogP contribution in [0.15, 0.2) is 53.4 Å². The van der Waals surface area contributed by atoms with Gasteiger partial charge in [0.15, 0.2) is 0 Å². The number of rotatable bonds is 6. The molecule has 0 spiro atoms. The Morgan fingerprint density at radius 3 is 2.50 bits per heavy atom. The molecule has 1 amide bonds. The Kier molecular flexibility index (Phi) is 5.75. The van der Waals surface area contributed by atoms with E-state index in [1.165, 1.54) is 6.07 Å². The van der Waals surface area contributed by atoms with Crippen molar-refractivity contribution in [2.24, 2.45) is 0 Å². The van der Waals surface area contributed by atoms with Crippen LogP contribution in [0.5, 0.6) is 0 Å². The molecule has 2 aliphatic rings. The van der Waals surface area contributed by atoms with E-state index in [2.05, 4.69) is 16.3 Å². The van der Waals surface area contributed by atoms with Crippen LogP contribution in [0.3, 0.4) is 0 Å². The lowest BCUT2D eigenvalue weighted by Crippen LogP contribution is -2.43. The van der Waals surface area contributed by atoms with Crippen molar-refractivity contribution in [3.63, 3.8) is 0 Å². The smallest absolute Gasteiger partial charge is 0.269 e. The van der Waals surface area contributed by atoms with Crippen LogP contribution >= 0.6 is 0 Å². The second-order valence-corrected chi connectivity index (χ2v) is 9.41. The zero-order chi connectivity index (χ0) is 21.1. The van der Waals surface area contributed by atoms with Gasteiger partial charge >= 0.3 is 0 Å². The molecular formula is C22H24N4O3S. The average Bonchev–Trinajstić information content (AvgIpc) is 2.97. The zero-order valence-electron chi connectivity index (χ0n) is 16.6. The van der Waals surface area contributed by atoms with Crippen molar-refractivity contribution in [2.45, 2.75) is 30.2 Å². The molecule has 0 aliphatic carbocycles. The van der Waals surface area contributed by atoms with E-state index in [0.717, 1.165) is 35.9 Å². The summed E-state index contributed by atoms with van der Waals surface area (Å²) >= 11 is 0. The summed E-state index contributed by atoms with van der Waals surface area (Å²) in [4.78, 5) is 14.8. The summed E-state index contributed by atoms with van der Waals surface area (Å²) in [7, 11) is -3.72. The number of nitrogens with zero attached hydrogens (tertiary/aromatic N) is 3. The van der Waals surface area contributed by atoms with Gasteiger partial charge in [-0.15, -0.1) is 0 Å². The maximum atomic E-state index is 12.6. The topological polar surface area (TPSA) is 93.5 Å². The minimum absolute atomic E-state index is 0.105. The van der Waals surface area contributed by atoms with Gasteiger partial charge in [0.1, 0.15) is 11.0 Å². The third-order valence-corrected chi connectivity index (χ3v) is 7.58. The normalized spacial score (nSPS) is 18.3. The van der Waals surface area contributed by atoms with E-state index in [-0.39, 0.29) is 17.0 Å². The zero-order valence-corrected chi connectivity index (χ0v) is 17.4. The number of carbonyl (C=O) groups is 1. The van der Waals surface area contributed by atoms with Gasteiger partial charge in [0.25, 0.3) is 15.9 Å². The molecule has 0 aromatic heterocycles. The van der Waals surface area contributed by atoms with E-state index in [4.69, 9.17) is 0 Å². The largest absolute Gasteiger partial charge is 0.370 e. The summed E-state index contributed by atoms with van der Waals surface area (Å²) < 4.78 is 26.1. The summed E-state index contributed by atoms with van der Waals surface area (Å²) in [6, 6.07) is 16.6. The Morgan fingerprint density at radius 2 is 1.77 bits per heavy atom. The maximum absolute atomic E-state index is 12.6. The Labute approximate surface area is 177 Å². The summed E-state index contributed by atoms with van der Waals surface area (Å²) in [5.41, 5.74) is 1.94. The second kappa shape index (κ2) is 8.46. The molecule has 1 fully saturated rings. The Balaban J connectivity index is 1.25. The van der Waals surface area contributed by atoms with Gasteiger partial charge in [0.2, 0.25) is 0 Å². The van der Waals surface area contributed by atoms with E-state index >= 15 is 0 Å². The van der Waals surface area contributed by atoms with Crippen molar-refractivity contribution in [2.75, 3.05) is 31.1 Å². The first-order valence-corrected chi connectivity index (χ1v) is 11.6. The fraction of sp³-hybridized carbons (Fsp3) is 0.364. The van der Waals surface area contributed by atoms with Gasteiger partial charge in [-0.25, -0.2) is 12.7 Å². The van der Waals surface area contributed by atoms with Gasteiger partial charge < -0.3 is 10.2 Å². The number of nitriles is 1. The van der Waals surface area contributed by atoms with E-state index in [9.17, 15) is 18.5 Å². The molecule has 0 saturated carbocycles. The lowest BCUT2D eigenvalue weighted by Gasteiger charge is -2.34. The lowest BCUT2D eigenvalue weighted by atomic mass is 10.0. The van der Waals surface area contributed by atoms with Gasteiger partial charge in [-0.05, 0) is 50.1 Å². The summed E-state index contributed by atoms with van der Waals surface area (Å²) in [5, 5.41) is 12.8. The molecule has 1 N–H and O–H groups in total. The van der Waals surface area contributed by atoms with Crippen LogP contribution in [0, 0.1) is 11.3 Å². The first-order chi connectivity index (χ1) is 14.5. The van der Waals surface area contributed by atoms with Crippen molar-refractivity contribution in [3.05, 3.63) is 59.7 Å². The third kappa shape index (κ3) is 3.78. The molecule has 30 heavy (non-hydrogen) atoms. The summed E-state index contributed by atoms with van der Waals surface area (Å²) in [5.74, 6) is -0.435. The van der Waals surface area contributed by atoms with Gasteiger partial charge in [0, 0.05) is 25.7 Å².